The number of rotatable bonds is 5. The summed E-state index contributed by atoms with van der Waals surface area (Å²) in [6.07, 6.45) is 6.83. The average molecular weight is 385 g/mol. The monoisotopic (exact) mass is 384 g/mol. The van der Waals surface area contributed by atoms with E-state index in [0.29, 0.717) is 16.6 Å². The van der Waals surface area contributed by atoms with Crippen molar-refractivity contribution in [3.63, 3.8) is 0 Å². The molecule has 0 aliphatic heterocycles. The Morgan fingerprint density at radius 1 is 1.22 bits per heavy atom. The van der Waals surface area contributed by atoms with Crippen LogP contribution in [0.2, 0.25) is 5.02 Å². The van der Waals surface area contributed by atoms with Gasteiger partial charge in [0.2, 0.25) is 0 Å². The third-order valence-corrected chi connectivity index (χ3v) is 4.92. The molecule has 3 heterocycles. The Labute approximate surface area is 162 Å². The van der Waals surface area contributed by atoms with Gasteiger partial charge in [0.15, 0.2) is 5.65 Å². The Bertz CT molecular complexity index is 993. The van der Waals surface area contributed by atoms with Crippen molar-refractivity contribution in [3.05, 3.63) is 46.9 Å². The van der Waals surface area contributed by atoms with Crippen molar-refractivity contribution < 1.29 is 4.79 Å². The van der Waals surface area contributed by atoms with Gasteiger partial charge in [-0.25, -0.2) is 15.0 Å². The Morgan fingerprint density at radius 3 is 2.63 bits per heavy atom. The van der Waals surface area contributed by atoms with Gasteiger partial charge in [-0.05, 0) is 45.6 Å². The first kappa shape index (κ1) is 17.9. The number of aromatic nitrogens is 5. The predicted molar refractivity (Wildman–Crippen MR) is 103 cm³/mol. The molecule has 140 valence electrons. The quantitative estimate of drug-likeness (QED) is 0.725. The maximum absolute atomic E-state index is 12.7. The third kappa shape index (κ3) is 3.51. The van der Waals surface area contributed by atoms with E-state index in [1.54, 1.807) is 12.4 Å². The number of hydrogen-bond donors (Lipinski definition) is 1. The summed E-state index contributed by atoms with van der Waals surface area (Å²) in [6, 6.07) is 1.76. The van der Waals surface area contributed by atoms with Gasteiger partial charge >= 0.3 is 0 Å². The number of amides is 1. The number of carbonyl (C=O) groups is 1. The standard InChI is InChI=1S/C19H21ClN6O/c1-10(2)26-17-14(6-13(20)8-23-17)24-18(26)16(12-4-5-12)25-19(27)15-9-21-11(3)7-22-15/h6-10,12,16H,4-5H2,1-3H3,(H,25,27). The van der Waals surface area contributed by atoms with Crippen molar-refractivity contribution in [2.45, 2.75) is 45.7 Å². The zero-order valence-electron chi connectivity index (χ0n) is 15.5. The number of imidazole rings is 1. The van der Waals surface area contributed by atoms with Crippen molar-refractivity contribution >= 4 is 28.7 Å². The number of halogens is 1. The molecule has 1 N–H and O–H groups in total. The minimum absolute atomic E-state index is 0.149. The first-order chi connectivity index (χ1) is 12.9. The highest BCUT2D eigenvalue weighted by atomic mass is 35.5. The third-order valence-electron chi connectivity index (χ3n) is 4.71. The van der Waals surface area contributed by atoms with E-state index in [2.05, 4.69) is 38.7 Å². The molecule has 3 aromatic rings. The van der Waals surface area contributed by atoms with Crippen molar-refractivity contribution in [1.82, 2.24) is 29.8 Å². The molecule has 0 bridgehead atoms. The molecule has 0 radical (unpaired) electrons. The zero-order chi connectivity index (χ0) is 19.1. The molecule has 1 atom stereocenters. The van der Waals surface area contributed by atoms with Crippen molar-refractivity contribution in [1.29, 1.82) is 0 Å². The maximum atomic E-state index is 12.7. The molecular formula is C19H21ClN6O. The van der Waals surface area contributed by atoms with Gasteiger partial charge in [0.05, 0.1) is 23.0 Å². The van der Waals surface area contributed by atoms with E-state index in [1.807, 2.05) is 13.0 Å². The largest absolute Gasteiger partial charge is 0.340 e. The van der Waals surface area contributed by atoms with E-state index in [9.17, 15) is 4.79 Å². The molecule has 1 amide bonds. The highest BCUT2D eigenvalue weighted by Crippen LogP contribution is 2.42. The second-order valence-electron chi connectivity index (χ2n) is 7.26. The summed E-state index contributed by atoms with van der Waals surface area (Å²) in [5.41, 5.74) is 2.59. The first-order valence-electron chi connectivity index (χ1n) is 9.07. The van der Waals surface area contributed by atoms with Crippen LogP contribution in [0.4, 0.5) is 0 Å². The van der Waals surface area contributed by atoms with Gasteiger partial charge in [0.25, 0.3) is 5.91 Å². The van der Waals surface area contributed by atoms with Crippen LogP contribution in [0.5, 0.6) is 0 Å². The van der Waals surface area contributed by atoms with E-state index in [1.165, 1.54) is 6.20 Å². The summed E-state index contributed by atoms with van der Waals surface area (Å²) in [5.74, 6) is 0.926. The Balaban J connectivity index is 1.73. The van der Waals surface area contributed by atoms with E-state index >= 15 is 0 Å². The van der Waals surface area contributed by atoms with E-state index in [0.717, 1.165) is 35.5 Å². The molecule has 1 fully saturated rings. The van der Waals surface area contributed by atoms with E-state index < -0.39 is 0 Å². The fraction of sp³-hybridized carbons (Fsp3) is 0.421. The van der Waals surface area contributed by atoms with Gasteiger partial charge in [0, 0.05) is 18.4 Å². The molecule has 1 aliphatic carbocycles. The lowest BCUT2D eigenvalue weighted by atomic mass is 10.1. The lowest BCUT2D eigenvalue weighted by Gasteiger charge is -2.21. The number of carbonyl (C=O) groups excluding carboxylic acids is 1. The fourth-order valence-corrected chi connectivity index (χ4v) is 3.40. The maximum Gasteiger partial charge on any atom is 0.272 e. The summed E-state index contributed by atoms with van der Waals surface area (Å²) in [4.78, 5) is 30.3. The zero-order valence-corrected chi connectivity index (χ0v) is 16.2. The minimum Gasteiger partial charge on any atom is -0.340 e. The number of hydrogen-bond acceptors (Lipinski definition) is 5. The highest BCUT2D eigenvalue weighted by Gasteiger charge is 2.37. The van der Waals surface area contributed by atoms with Crippen molar-refractivity contribution in [2.24, 2.45) is 5.92 Å². The van der Waals surface area contributed by atoms with Crippen LogP contribution < -0.4 is 5.32 Å². The van der Waals surface area contributed by atoms with Crippen LogP contribution in [0, 0.1) is 12.8 Å². The van der Waals surface area contributed by atoms with Crippen LogP contribution in [0.1, 0.15) is 60.8 Å². The number of nitrogens with one attached hydrogen (secondary N) is 1. The highest BCUT2D eigenvalue weighted by molar-refractivity contribution is 6.31. The molecule has 4 rings (SSSR count). The summed E-state index contributed by atoms with van der Waals surface area (Å²) in [6.45, 7) is 6.00. The van der Waals surface area contributed by atoms with Crippen LogP contribution in [0.15, 0.2) is 24.7 Å². The molecule has 8 heteroatoms. The van der Waals surface area contributed by atoms with Gasteiger partial charge in [-0.3, -0.25) is 9.78 Å². The van der Waals surface area contributed by atoms with Crippen LogP contribution in [-0.4, -0.2) is 30.4 Å². The summed E-state index contributed by atoms with van der Waals surface area (Å²) < 4.78 is 2.08. The second kappa shape index (κ2) is 6.88. The van der Waals surface area contributed by atoms with Crippen molar-refractivity contribution in [2.75, 3.05) is 0 Å². The Kier molecular flexibility index (Phi) is 4.55. The molecule has 0 saturated heterocycles. The second-order valence-corrected chi connectivity index (χ2v) is 7.70. The number of nitrogens with zero attached hydrogens (tertiary/aromatic N) is 5. The van der Waals surface area contributed by atoms with Crippen LogP contribution in [0.3, 0.4) is 0 Å². The number of aryl methyl sites for hydroxylation is 1. The molecule has 27 heavy (non-hydrogen) atoms. The molecule has 3 aromatic heterocycles. The molecule has 7 nitrogen and oxygen atoms in total. The normalized spacial score (nSPS) is 15.3. The van der Waals surface area contributed by atoms with Crippen LogP contribution >= 0.6 is 11.6 Å². The van der Waals surface area contributed by atoms with Crippen molar-refractivity contribution in [3.8, 4) is 0 Å². The summed E-state index contributed by atoms with van der Waals surface area (Å²) in [7, 11) is 0. The summed E-state index contributed by atoms with van der Waals surface area (Å²) >= 11 is 6.09. The lowest BCUT2D eigenvalue weighted by molar-refractivity contribution is 0.0923. The van der Waals surface area contributed by atoms with Gasteiger partial charge in [-0.1, -0.05) is 11.6 Å². The lowest BCUT2D eigenvalue weighted by Crippen LogP contribution is -2.33. The number of pyridine rings is 1. The molecule has 1 aliphatic rings. The topological polar surface area (TPSA) is 85.6 Å². The fourth-order valence-electron chi connectivity index (χ4n) is 3.25. The van der Waals surface area contributed by atoms with Gasteiger partial charge < -0.3 is 9.88 Å². The Morgan fingerprint density at radius 2 is 2.00 bits per heavy atom. The van der Waals surface area contributed by atoms with Gasteiger partial charge in [-0.15, -0.1) is 0 Å². The van der Waals surface area contributed by atoms with E-state index in [-0.39, 0.29) is 18.0 Å². The van der Waals surface area contributed by atoms with Crippen LogP contribution in [0.25, 0.3) is 11.2 Å². The smallest absolute Gasteiger partial charge is 0.272 e. The molecular weight excluding hydrogens is 364 g/mol. The molecule has 1 unspecified atom stereocenters. The molecule has 0 spiro atoms. The number of fused-ring (bicyclic) bond motifs is 1. The van der Waals surface area contributed by atoms with E-state index in [4.69, 9.17) is 16.6 Å². The minimum atomic E-state index is -0.243. The predicted octanol–water partition coefficient (Wildman–Crippen LogP) is 3.65. The summed E-state index contributed by atoms with van der Waals surface area (Å²) in [5, 5.41) is 3.66. The van der Waals surface area contributed by atoms with Gasteiger partial charge in [-0.2, -0.15) is 0 Å². The Hall–Kier alpha value is -2.54. The van der Waals surface area contributed by atoms with Crippen LogP contribution in [-0.2, 0) is 0 Å². The average Bonchev–Trinajstić information content (AvgIpc) is 3.39. The first-order valence-corrected chi connectivity index (χ1v) is 9.44. The van der Waals surface area contributed by atoms with Gasteiger partial charge in [0.1, 0.15) is 17.0 Å². The SMILES string of the molecule is Cc1cnc(C(=O)NC(c2nc3cc(Cl)cnc3n2C(C)C)C2CC2)cn1. The molecule has 1 saturated carbocycles. The molecule has 0 aromatic carbocycles.